The number of aryl methyl sites for hydroxylation is 2. The van der Waals surface area contributed by atoms with Crippen LogP contribution in [0.15, 0.2) is 45.8 Å². The van der Waals surface area contributed by atoms with E-state index in [0.717, 1.165) is 5.69 Å². The van der Waals surface area contributed by atoms with E-state index in [9.17, 15) is 8.42 Å². The van der Waals surface area contributed by atoms with Crippen molar-refractivity contribution in [2.24, 2.45) is 0 Å². The second-order valence-electron chi connectivity index (χ2n) is 6.45. The highest BCUT2D eigenvalue weighted by Crippen LogP contribution is 2.31. The van der Waals surface area contributed by atoms with Gasteiger partial charge in [0, 0.05) is 36.3 Å². The summed E-state index contributed by atoms with van der Waals surface area (Å²) >= 11 is 3.35. The molecule has 0 aromatic heterocycles. The highest BCUT2D eigenvalue weighted by atomic mass is 79.9. The maximum absolute atomic E-state index is 13.1. The average molecular weight is 439 g/mol. The summed E-state index contributed by atoms with van der Waals surface area (Å²) in [5.74, 6) is 0.366. The smallest absolute Gasteiger partial charge is 0.246 e. The van der Waals surface area contributed by atoms with Crippen LogP contribution >= 0.6 is 15.9 Å². The quantitative estimate of drug-likeness (QED) is 0.731. The van der Waals surface area contributed by atoms with E-state index in [2.05, 4.69) is 52.9 Å². The van der Waals surface area contributed by atoms with Gasteiger partial charge in [-0.25, -0.2) is 8.42 Å². The molecule has 1 saturated heterocycles. The van der Waals surface area contributed by atoms with Crippen LogP contribution in [0.3, 0.4) is 0 Å². The molecule has 0 amide bonds. The molecule has 26 heavy (non-hydrogen) atoms. The van der Waals surface area contributed by atoms with E-state index in [1.807, 2.05) is 0 Å². The minimum Gasteiger partial charge on any atom is -0.495 e. The Morgan fingerprint density at radius 3 is 2.27 bits per heavy atom. The van der Waals surface area contributed by atoms with Crippen LogP contribution in [0.4, 0.5) is 5.69 Å². The number of halogens is 1. The Balaban J connectivity index is 1.79. The topological polar surface area (TPSA) is 49.9 Å². The Hall–Kier alpha value is -1.57. The third kappa shape index (κ3) is 3.75. The van der Waals surface area contributed by atoms with Crippen molar-refractivity contribution in [1.82, 2.24) is 4.31 Å². The largest absolute Gasteiger partial charge is 0.495 e. The number of hydrogen-bond acceptors (Lipinski definition) is 4. The first-order chi connectivity index (χ1) is 12.3. The number of nitrogens with zero attached hydrogens (tertiary/aromatic N) is 2. The second-order valence-corrected chi connectivity index (χ2v) is 9.28. The molecule has 1 aliphatic rings. The molecule has 7 heteroatoms. The normalized spacial score (nSPS) is 15.9. The van der Waals surface area contributed by atoms with Crippen molar-refractivity contribution in [2.75, 3.05) is 38.2 Å². The lowest BCUT2D eigenvalue weighted by Crippen LogP contribution is -2.48. The molecule has 2 aromatic carbocycles. The zero-order chi connectivity index (χ0) is 18.9. The number of hydrogen-bond donors (Lipinski definition) is 0. The first-order valence-corrected chi connectivity index (χ1v) is 10.7. The fraction of sp³-hybridized carbons (Fsp3) is 0.368. The average Bonchev–Trinajstić information content (AvgIpc) is 2.64. The van der Waals surface area contributed by atoms with Gasteiger partial charge in [0.25, 0.3) is 0 Å². The molecule has 0 bridgehead atoms. The molecule has 0 radical (unpaired) electrons. The Labute approximate surface area is 163 Å². The third-order valence-corrected chi connectivity index (χ3v) is 7.25. The van der Waals surface area contributed by atoms with Gasteiger partial charge in [-0.1, -0.05) is 22.0 Å². The van der Waals surface area contributed by atoms with Gasteiger partial charge in [0.05, 0.1) is 7.11 Å². The number of rotatable bonds is 4. The lowest BCUT2D eigenvalue weighted by molar-refractivity contribution is 0.374. The van der Waals surface area contributed by atoms with Crippen molar-refractivity contribution in [3.63, 3.8) is 0 Å². The number of methoxy groups -OCH3 is 1. The first-order valence-electron chi connectivity index (χ1n) is 8.49. The van der Waals surface area contributed by atoms with Crippen molar-refractivity contribution in [3.05, 3.63) is 52.0 Å². The summed E-state index contributed by atoms with van der Waals surface area (Å²) in [7, 11) is -2.11. The maximum Gasteiger partial charge on any atom is 0.246 e. The van der Waals surface area contributed by atoms with Gasteiger partial charge in [-0.3, -0.25) is 0 Å². The monoisotopic (exact) mass is 438 g/mol. The van der Waals surface area contributed by atoms with Gasteiger partial charge >= 0.3 is 0 Å². The molecular formula is C19H23BrN2O3S. The van der Waals surface area contributed by atoms with Gasteiger partial charge in [0.1, 0.15) is 10.6 Å². The van der Waals surface area contributed by atoms with Crippen molar-refractivity contribution in [3.8, 4) is 5.75 Å². The number of benzene rings is 2. The molecule has 0 unspecified atom stereocenters. The lowest BCUT2D eigenvalue weighted by atomic mass is 10.1. The molecule has 5 nitrogen and oxygen atoms in total. The van der Waals surface area contributed by atoms with Crippen molar-refractivity contribution in [2.45, 2.75) is 18.7 Å². The van der Waals surface area contributed by atoms with Crippen LogP contribution in [0, 0.1) is 13.8 Å². The van der Waals surface area contributed by atoms with E-state index in [0.29, 0.717) is 36.4 Å². The standard InChI is InChI=1S/C19H23BrN2O3S/c1-14-4-6-17(12-15(14)2)21-8-10-22(11-9-21)26(23,24)19-13-16(20)5-7-18(19)25-3/h4-7,12-13H,8-11H2,1-3H3. The van der Waals surface area contributed by atoms with Crippen molar-refractivity contribution >= 4 is 31.6 Å². The molecule has 0 aliphatic carbocycles. The van der Waals surface area contributed by atoms with Crippen LogP contribution < -0.4 is 9.64 Å². The summed E-state index contributed by atoms with van der Waals surface area (Å²) in [5, 5.41) is 0. The van der Waals surface area contributed by atoms with Crippen molar-refractivity contribution < 1.29 is 13.2 Å². The van der Waals surface area contributed by atoms with E-state index in [1.165, 1.54) is 22.5 Å². The fourth-order valence-corrected chi connectivity index (χ4v) is 5.22. The van der Waals surface area contributed by atoms with E-state index >= 15 is 0 Å². The molecule has 1 fully saturated rings. The molecule has 0 saturated carbocycles. The first kappa shape index (κ1) is 19.2. The van der Waals surface area contributed by atoms with Gasteiger partial charge in [0.2, 0.25) is 10.0 Å². The Morgan fingerprint density at radius 2 is 1.65 bits per heavy atom. The molecule has 0 N–H and O–H groups in total. The zero-order valence-corrected chi connectivity index (χ0v) is 17.6. The van der Waals surface area contributed by atoms with E-state index in [1.54, 1.807) is 18.2 Å². The number of anilines is 1. The highest BCUT2D eigenvalue weighted by Gasteiger charge is 2.31. The predicted molar refractivity (Wildman–Crippen MR) is 108 cm³/mol. The van der Waals surface area contributed by atoms with Gasteiger partial charge in [0.15, 0.2) is 0 Å². The van der Waals surface area contributed by atoms with Gasteiger partial charge in [-0.05, 0) is 55.3 Å². The number of ether oxygens (including phenoxy) is 1. The number of sulfonamides is 1. The third-order valence-electron chi connectivity index (χ3n) is 4.84. The summed E-state index contributed by atoms with van der Waals surface area (Å²) in [6.45, 7) is 6.42. The van der Waals surface area contributed by atoms with Crippen LogP contribution in [0.5, 0.6) is 5.75 Å². The van der Waals surface area contributed by atoms with Crippen LogP contribution in [-0.4, -0.2) is 46.0 Å². The Bertz CT molecular complexity index is 907. The molecule has 0 spiro atoms. The molecule has 140 valence electrons. The molecule has 1 heterocycles. The SMILES string of the molecule is COc1ccc(Br)cc1S(=O)(=O)N1CCN(c2ccc(C)c(C)c2)CC1. The molecule has 2 aromatic rings. The van der Waals surface area contributed by atoms with Crippen molar-refractivity contribution in [1.29, 1.82) is 0 Å². The van der Waals surface area contributed by atoms with E-state index in [4.69, 9.17) is 4.74 Å². The summed E-state index contributed by atoms with van der Waals surface area (Å²) in [6, 6.07) is 11.4. The minimum atomic E-state index is -3.60. The van der Waals surface area contributed by atoms with Gasteiger partial charge in [-0.15, -0.1) is 0 Å². The van der Waals surface area contributed by atoms with Crippen LogP contribution in [-0.2, 0) is 10.0 Å². The molecule has 1 aliphatic heterocycles. The Morgan fingerprint density at radius 1 is 0.962 bits per heavy atom. The van der Waals surface area contributed by atoms with Crippen LogP contribution in [0.25, 0.3) is 0 Å². The summed E-state index contributed by atoms with van der Waals surface area (Å²) in [6.07, 6.45) is 0. The van der Waals surface area contributed by atoms with E-state index in [-0.39, 0.29) is 4.90 Å². The van der Waals surface area contributed by atoms with Crippen LogP contribution in [0.2, 0.25) is 0 Å². The minimum absolute atomic E-state index is 0.203. The molecular weight excluding hydrogens is 416 g/mol. The summed E-state index contributed by atoms with van der Waals surface area (Å²) < 4.78 is 33.6. The lowest BCUT2D eigenvalue weighted by Gasteiger charge is -2.35. The van der Waals surface area contributed by atoms with E-state index < -0.39 is 10.0 Å². The highest BCUT2D eigenvalue weighted by molar-refractivity contribution is 9.10. The summed E-state index contributed by atoms with van der Waals surface area (Å²) in [5.41, 5.74) is 3.65. The second kappa shape index (κ2) is 7.58. The molecule has 3 rings (SSSR count). The van der Waals surface area contributed by atoms with Gasteiger partial charge < -0.3 is 9.64 Å². The number of piperazine rings is 1. The predicted octanol–water partition coefficient (Wildman–Crippen LogP) is 3.59. The Kier molecular flexibility index (Phi) is 5.60. The fourth-order valence-electron chi connectivity index (χ4n) is 3.10. The van der Waals surface area contributed by atoms with Gasteiger partial charge in [-0.2, -0.15) is 4.31 Å². The molecule has 0 atom stereocenters. The zero-order valence-electron chi connectivity index (χ0n) is 15.2. The summed E-state index contributed by atoms with van der Waals surface area (Å²) in [4.78, 5) is 2.44. The maximum atomic E-state index is 13.1. The van der Waals surface area contributed by atoms with Crippen LogP contribution in [0.1, 0.15) is 11.1 Å².